The number of fused-ring (bicyclic) bond motifs is 2. The average molecular weight is 548 g/mol. The molecule has 2 aliphatic rings. The number of thiazole rings is 1. The molecule has 36 heavy (non-hydrogen) atoms. The normalized spacial score (nSPS) is 23.0. The van der Waals surface area contributed by atoms with Crippen LogP contribution in [-0.2, 0) is 27.8 Å². The fourth-order valence-electron chi connectivity index (χ4n) is 4.83. The van der Waals surface area contributed by atoms with Gasteiger partial charge in [0.1, 0.15) is 6.04 Å². The highest BCUT2D eigenvalue weighted by atomic mass is 35.5. The van der Waals surface area contributed by atoms with E-state index in [-0.39, 0.29) is 24.0 Å². The SMILES string of the molecule is CC1Cc2nc(C(=O)N3C(C)CN(S(=O)(=O)c4ccc5cc(Cl)ccc5c4)CC3C(N)=O)sc2CN1. The minimum atomic E-state index is -3.95. The summed E-state index contributed by atoms with van der Waals surface area (Å²) in [5, 5.41) is 5.74. The van der Waals surface area contributed by atoms with Crippen LogP contribution in [0.1, 0.15) is 34.2 Å². The number of halogens is 1. The Labute approximate surface area is 218 Å². The average Bonchev–Trinajstić information content (AvgIpc) is 3.26. The molecule has 5 rings (SSSR count). The minimum Gasteiger partial charge on any atom is -0.368 e. The van der Waals surface area contributed by atoms with Crippen molar-refractivity contribution in [3.8, 4) is 0 Å². The van der Waals surface area contributed by atoms with Gasteiger partial charge in [0, 0.05) is 48.0 Å². The molecule has 3 heterocycles. The molecule has 0 saturated carbocycles. The summed E-state index contributed by atoms with van der Waals surface area (Å²) in [5.74, 6) is -1.17. The van der Waals surface area contributed by atoms with Crippen LogP contribution in [0.2, 0.25) is 5.02 Å². The fourth-order valence-corrected chi connectivity index (χ4v) is 7.55. The molecule has 3 N–H and O–H groups in total. The van der Waals surface area contributed by atoms with E-state index in [2.05, 4.69) is 17.2 Å². The van der Waals surface area contributed by atoms with E-state index in [1.54, 1.807) is 37.3 Å². The quantitative estimate of drug-likeness (QED) is 0.516. The highest BCUT2D eigenvalue weighted by Gasteiger charge is 2.44. The number of nitrogens with one attached hydrogen (secondary N) is 1. The number of aromatic nitrogens is 1. The molecule has 0 aliphatic carbocycles. The van der Waals surface area contributed by atoms with Crippen LogP contribution in [0.25, 0.3) is 10.8 Å². The Morgan fingerprint density at radius 3 is 2.61 bits per heavy atom. The lowest BCUT2D eigenvalue weighted by Crippen LogP contribution is -2.64. The highest BCUT2D eigenvalue weighted by molar-refractivity contribution is 7.89. The van der Waals surface area contributed by atoms with Gasteiger partial charge in [-0.1, -0.05) is 23.7 Å². The highest BCUT2D eigenvalue weighted by Crippen LogP contribution is 2.30. The molecular weight excluding hydrogens is 522 g/mol. The van der Waals surface area contributed by atoms with Crippen molar-refractivity contribution in [2.45, 2.75) is 49.8 Å². The van der Waals surface area contributed by atoms with Crippen molar-refractivity contribution in [3.63, 3.8) is 0 Å². The topological polar surface area (TPSA) is 126 Å². The number of carbonyl (C=O) groups is 2. The van der Waals surface area contributed by atoms with Gasteiger partial charge in [0.15, 0.2) is 5.01 Å². The first kappa shape index (κ1) is 25.1. The molecule has 0 radical (unpaired) electrons. The number of hydrogen-bond acceptors (Lipinski definition) is 7. The van der Waals surface area contributed by atoms with Crippen LogP contribution in [0.4, 0.5) is 0 Å². The second kappa shape index (κ2) is 9.38. The molecule has 0 bridgehead atoms. The Bertz CT molecular complexity index is 1470. The molecule has 1 saturated heterocycles. The third kappa shape index (κ3) is 4.50. The van der Waals surface area contributed by atoms with Crippen molar-refractivity contribution in [2.75, 3.05) is 13.1 Å². The number of primary amides is 1. The van der Waals surface area contributed by atoms with Crippen LogP contribution in [-0.4, -0.2) is 65.6 Å². The number of nitrogens with zero attached hydrogens (tertiary/aromatic N) is 3. The number of amides is 2. The van der Waals surface area contributed by atoms with E-state index < -0.39 is 33.9 Å². The number of nitrogens with two attached hydrogens (primary N) is 1. The molecule has 12 heteroatoms. The van der Waals surface area contributed by atoms with Crippen LogP contribution in [0, 0.1) is 0 Å². The third-order valence-electron chi connectivity index (χ3n) is 6.70. The smallest absolute Gasteiger partial charge is 0.283 e. The Morgan fingerprint density at radius 1 is 1.14 bits per heavy atom. The molecule has 3 atom stereocenters. The second-order valence-electron chi connectivity index (χ2n) is 9.33. The first-order chi connectivity index (χ1) is 17.0. The molecule has 2 aromatic carbocycles. The zero-order valence-electron chi connectivity index (χ0n) is 19.8. The minimum absolute atomic E-state index is 0.0280. The lowest BCUT2D eigenvalue weighted by atomic mass is 10.1. The Balaban J connectivity index is 1.43. The number of rotatable bonds is 4. The largest absolute Gasteiger partial charge is 0.368 e. The predicted molar refractivity (Wildman–Crippen MR) is 138 cm³/mol. The maximum atomic E-state index is 13.5. The Hall–Kier alpha value is -2.57. The van der Waals surface area contributed by atoms with Crippen molar-refractivity contribution >= 4 is 55.5 Å². The summed E-state index contributed by atoms with van der Waals surface area (Å²) in [6, 6.07) is 8.57. The molecule has 3 aromatic rings. The van der Waals surface area contributed by atoms with Crippen molar-refractivity contribution in [3.05, 3.63) is 57.0 Å². The predicted octanol–water partition coefficient (Wildman–Crippen LogP) is 2.37. The first-order valence-electron chi connectivity index (χ1n) is 11.6. The summed E-state index contributed by atoms with van der Waals surface area (Å²) in [5.41, 5.74) is 6.58. The fraction of sp³-hybridized carbons (Fsp3) is 0.375. The molecule has 0 spiro atoms. The van der Waals surface area contributed by atoms with Gasteiger partial charge in [-0.05, 0) is 48.9 Å². The van der Waals surface area contributed by atoms with E-state index >= 15 is 0 Å². The van der Waals surface area contributed by atoms with E-state index in [0.29, 0.717) is 16.6 Å². The van der Waals surface area contributed by atoms with Gasteiger partial charge in [0.25, 0.3) is 5.91 Å². The van der Waals surface area contributed by atoms with Crippen molar-refractivity contribution < 1.29 is 18.0 Å². The molecule has 1 fully saturated rings. The van der Waals surface area contributed by atoms with Gasteiger partial charge in [0.05, 0.1) is 10.6 Å². The van der Waals surface area contributed by atoms with Crippen molar-refractivity contribution in [2.24, 2.45) is 5.73 Å². The molecule has 2 aliphatic heterocycles. The van der Waals surface area contributed by atoms with Gasteiger partial charge < -0.3 is 16.0 Å². The Morgan fingerprint density at radius 2 is 1.86 bits per heavy atom. The van der Waals surface area contributed by atoms with Crippen LogP contribution in [0.3, 0.4) is 0 Å². The number of sulfonamides is 1. The van der Waals surface area contributed by atoms with Gasteiger partial charge in [-0.3, -0.25) is 9.59 Å². The van der Waals surface area contributed by atoms with E-state index in [1.165, 1.54) is 26.6 Å². The Kier molecular flexibility index (Phi) is 6.54. The van der Waals surface area contributed by atoms with Gasteiger partial charge >= 0.3 is 0 Å². The van der Waals surface area contributed by atoms with Crippen LogP contribution < -0.4 is 11.1 Å². The summed E-state index contributed by atoms with van der Waals surface area (Å²) in [7, 11) is -3.95. The van der Waals surface area contributed by atoms with Gasteiger partial charge in [-0.2, -0.15) is 4.31 Å². The molecule has 3 unspecified atom stereocenters. The van der Waals surface area contributed by atoms with E-state index in [1.807, 2.05) is 0 Å². The summed E-state index contributed by atoms with van der Waals surface area (Å²) in [6.07, 6.45) is 0.720. The molecule has 190 valence electrons. The first-order valence-corrected chi connectivity index (χ1v) is 14.2. The summed E-state index contributed by atoms with van der Waals surface area (Å²) in [6.45, 7) is 4.21. The maximum Gasteiger partial charge on any atom is 0.283 e. The third-order valence-corrected chi connectivity index (χ3v) is 9.85. The van der Waals surface area contributed by atoms with Crippen molar-refractivity contribution in [1.82, 2.24) is 19.5 Å². The summed E-state index contributed by atoms with van der Waals surface area (Å²) < 4.78 is 28.3. The molecule has 9 nitrogen and oxygen atoms in total. The van der Waals surface area contributed by atoms with Crippen LogP contribution in [0.15, 0.2) is 41.3 Å². The number of piperazine rings is 1. The standard InChI is InChI=1S/C24H26ClN5O4S2/c1-13-7-19-21(10-27-13)35-23(28-19)24(32)30-14(2)11-29(12-20(30)22(26)31)36(33,34)18-6-4-15-8-17(25)5-3-16(15)9-18/h3-6,8-9,13-14,20,27H,7,10-12H2,1-2H3,(H2,26,31). The van der Waals surface area contributed by atoms with Crippen molar-refractivity contribution in [1.29, 1.82) is 0 Å². The molecule has 2 amide bonds. The number of benzene rings is 2. The van der Waals surface area contributed by atoms with Crippen LogP contribution >= 0.6 is 22.9 Å². The van der Waals surface area contributed by atoms with Gasteiger partial charge in [-0.15, -0.1) is 11.3 Å². The zero-order valence-corrected chi connectivity index (χ0v) is 22.2. The monoisotopic (exact) mass is 547 g/mol. The summed E-state index contributed by atoms with van der Waals surface area (Å²) >= 11 is 7.34. The van der Waals surface area contributed by atoms with Gasteiger partial charge in [0.2, 0.25) is 15.9 Å². The summed E-state index contributed by atoms with van der Waals surface area (Å²) in [4.78, 5) is 33.0. The zero-order chi connectivity index (χ0) is 25.8. The van der Waals surface area contributed by atoms with E-state index in [0.717, 1.165) is 27.8 Å². The lowest BCUT2D eigenvalue weighted by Gasteiger charge is -2.43. The van der Waals surface area contributed by atoms with E-state index in [9.17, 15) is 18.0 Å². The molecular formula is C24H26ClN5O4S2. The van der Waals surface area contributed by atoms with Gasteiger partial charge in [-0.25, -0.2) is 13.4 Å². The second-order valence-corrected chi connectivity index (χ2v) is 12.8. The maximum absolute atomic E-state index is 13.5. The number of hydrogen-bond donors (Lipinski definition) is 2. The number of carbonyl (C=O) groups excluding carboxylic acids is 2. The van der Waals surface area contributed by atoms with E-state index in [4.69, 9.17) is 17.3 Å². The molecule has 1 aromatic heterocycles. The van der Waals surface area contributed by atoms with Crippen LogP contribution in [0.5, 0.6) is 0 Å². The lowest BCUT2D eigenvalue weighted by molar-refractivity contribution is -0.124.